The number of amides is 2. The highest BCUT2D eigenvalue weighted by atomic mass is 35.5. The molecule has 2 aromatic heterocycles. The van der Waals surface area contributed by atoms with Crippen LogP contribution in [0.4, 0.5) is 17.5 Å². The average molecular weight is 510 g/mol. The molecule has 1 aliphatic heterocycles. The van der Waals surface area contributed by atoms with Crippen LogP contribution in [0.5, 0.6) is 5.75 Å². The molecule has 1 fully saturated rings. The number of anilines is 3. The molecular formula is C25H28ClN7O3. The molecule has 0 radical (unpaired) electrons. The van der Waals surface area contributed by atoms with Crippen LogP contribution in [0.1, 0.15) is 36.1 Å². The molecule has 2 N–H and O–H groups in total. The first-order valence-electron chi connectivity index (χ1n) is 11.6. The van der Waals surface area contributed by atoms with Crippen LogP contribution in [0.3, 0.4) is 0 Å². The minimum absolute atomic E-state index is 0.0536. The van der Waals surface area contributed by atoms with Gasteiger partial charge < -0.3 is 25.2 Å². The van der Waals surface area contributed by atoms with E-state index in [9.17, 15) is 9.59 Å². The largest absolute Gasteiger partial charge is 0.495 e. The number of ether oxygens (including phenoxy) is 1. The Kier molecular flexibility index (Phi) is 7.84. The highest BCUT2D eigenvalue weighted by Gasteiger charge is 2.23. The Morgan fingerprint density at radius 3 is 2.39 bits per heavy atom. The van der Waals surface area contributed by atoms with Crippen molar-refractivity contribution in [3.8, 4) is 5.75 Å². The summed E-state index contributed by atoms with van der Waals surface area (Å²) in [5, 5.41) is 6.88. The van der Waals surface area contributed by atoms with Gasteiger partial charge in [-0.15, -0.1) is 0 Å². The molecule has 1 aromatic carbocycles. The summed E-state index contributed by atoms with van der Waals surface area (Å²) in [6.07, 6.45) is 1.50. The minimum atomic E-state index is -0.424. The SMILES string of the molecule is COc1ccc(C(=O)N[C@@H](C)c2cc(Nc3ccc(Cl)cc3)nc(N3CCN(C(C)=O)CC3)n2)nc1. The summed E-state index contributed by atoms with van der Waals surface area (Å²) < 4.78 is 5.11. The zero-order chi connectivity index (χ0) is 25.7. The number of nitrogens with one attached hydrogen (secondary N) is 2. The minimum Gasteiger partial charge on any atom is -0.495 e. The Balaban J connectivity index is 1.57. The molecule has 10 nitrogen and oxygen atoms in total. The van der Waals surface area contributed by atoms with Crippen LogP contribution in [0.25, 0.3) is 0 Å². The lowest BCUT2D eigenvalue weighted by Gasteiger charge is -2.34. The fourth-order valence-electron chi connectivity index (χ4n) is 3.76. The van der Waals surface area contributed by atoms with E-state index in [2.05, 4.69) is 15.6 Å². The molecule has 0 bridgehead atoms. The molecule has 36 heavy (non-hydrogen) atoms. The fraction of sp³-hybridized carbons (Fsp3) is 0.320. The van der Waals surface area contributed by atoms with E-state index in [1.807, 2.05) is 24.0 Å². The maximum absolute atomic E-state index is 12.8. The number of pyridine rings is 1. The van der Waals surface area contributed by atoms with E-state index >= 15 is 0 Å². The van der Waals surface area contributed by atoms with Gasteiger partial charge in [0.1, 0.15) is 17.3 Å². The highest BCUT2D eigenvalue weighted by molar-refractivity contribution is 6.30. The van der Waals surface area contributed by atoms with Crippen LogP contribution in [0, 0.1) is 0 Å². The second-order valence-corrected chi connectivity index (χ2v) is 8.82. The lowest BCUT2D eigenvalue weighted by molar-refractivity contribution is -0.129. The number of methoxy groups -OCH3 is 1. The molecule has 11 heteroatoms. The van der Waals surface area contributed by atoms with Gasteiger partial charge in [0.05, 0.1) is 25.0 Å². The quantitative estimate of drug-likeness (QED) is 0.498. The average Bonchev–Trinajstić information content (AvgIpc) is 2.90. The lowest BCUT2D eigenvalue weighted by Crippen LogP contribution is -2.48. The molecule has 3 aromatic rings. The summed E-state index contributed by atoms with van der Waals surface area (Å²) >= 11 is 6.02. The Hall–Kier alpha value is -3.92. The molecular weight excluding hydrogens is 482 g/mol. The van der Waals surface area contributed by atoms with E-state index in [1.54, 1.807) is 49.3 Å². The summed E-state index contributed by atoms with van der Waals surface area (Å²) in [5.74, 6) is 1.40. The summed E-state index contributed by atoms with van der Waals surface area (Å²) in [6, 6.07) is 12.0. The molecule has 4 rings (SSSR count). The molecule has 1 aliphatic rings. The van der Waals surface area contributed by atoms with E-state index in [4.69, 9.17) is 26.3 Å². The number of benzene rings is 1. The number of piperazine rings is 1. The number of carbonyl (C=O) groups excluding carboxylic acids is 2. The van der Waals surface area contributed by atoms with Gasteiger partial charge in [0.25, 0.3) is 5.91 Å². The predicted molar refractivity (Wildman–Crippen MR) is 138 cm³/mol. The molecule has 2 amide bonds. The van der Waals surface area contributed by atoms with Gasteiger partial charge in [-0.25, -0.2) is 9.97 Å². The van der Waals surface area contributed by atoms with Crippen LogP contribution in [-0.2, 0) is 4.79 Å². The third kappa shape index (κ3) is 6.19. The second kappa shape index (κ2) is 11.2. The fourth-order valence-corrected chi connectivity index (χ4v) is 3.89. The summed E-state index contributed by atoms with van der Waals surface area (Å²) in [5.41, 5.74) is 1.72. The van der Waals surface area contributed by atoms with Gasteiger partial charge in [0, 0.05) is 49.9 Å². The van der Waals surface area contributed by atoms with Crippen molar-refractivity contribution in [2.24, 2.45) is 0 Å². The molecule has 0 spiro atoms. The van der Waals surface area contributed by atoms with Crippen molar-refractivity contribution in [1.29, 1.82) is 0 Å². The number of nitrogens with zero attached hydrogens (tertiary/aromatic N) is 5. The standard InChI is InChI=1S/C25H28ClN7O3/c1-16(28-24(35)21-9-8-20(36-3)15-27-21)22-14-23(29-19-6-4-18(26)5-7-19)31-25(30-22)33-12-10-32(11-13-33)17(2)34/h4-9,14-16H,10-13H2,1-3H3,(H,28,35)(H,29,30,31)/t16-/m0/s1. The Bertz CT molecular complexity index is 1210. The molecule has 0 unspecified atom stereocenters. The first kappa shape index (κ1) is 25.2. The predicted octanol–water partition coefficient (Wildman–Crippen LogP) is 3.44. The second-order valence-electron chi connectivity index (χ2n) is 8.38. The van der Waals surface area contributed by atoms with Crippen LogP contribution < -0.4 is 20.3 Å². The Morgan fingerprint density at radius 2 is 1.78 bits per heavy atom. The number of hydrogen-bond donors (Lipinski definition) is 2. The van der Waals surface area contributed by atoms with Crippen molar-refractivity contribution in [3.63, 3.8) is 0 Å². The van der Waals surface area contributed by atoms with E-state index < -0.39 is 6.04 Å². The van der Waals surface area contributed by atoms with Crippen LogP contribution >= 0.6 is 11.6 Å². The van der Waals surface area contributed by atoms with Gasteiger partial charge in [-0.1, -0.05) is 11.6 Å². The van der Waals surface area contributed by atoms with Gasteiger partial charge in [-0.3, -0.25) is 9.59 Å². The third-order valence-corrected chi connectivity index (χ3v) is 6.11. The maximum Gasteiger partial charge on any atom is 0.270 e. The number of halogens is 1. The summed E-state index contributed by atoms with van der Waals surface area (Å²) in [4.78, 5) is 42.0. The van der Waals surface area contributed by atoms with Gasteiger partial charge in [-0.2, -0.15) is 4.98 Å². The van der Waals surface area contributed by atoms with Crippen LogP contribution in [0.15, 0.2) is 48.7 Å². The molecule has 0 aliphatic carbocycles. The van der Waals surface area contributed by atoms with E-state index in [0.29, 0.717) is 54.4 Å². The number of aromatic nitrogens is 3. The van der Waals surface area contributed by atoms with Crippen molar-refractivity contribution < 1.29 is 14.3 Å². The zero-order valence-electron chi connectivity index (χ0n) is 20.4. The first-order valence-corrected chi connectivity index (χ1v) is 11.9. The normalized spacial score (nSPS) is 14.2. The van der Waals surface area contributed by atoms with Crippen molar-refractivity contribution in [3.05, 3.63) is 65.1 Å². The first-order chi connectivity index (χ1) is 17.3. The molecule has 3 heterocycles. The zero-order valence-corrected chi connectivity index (χ0v) is 21.1. The molecule has 1 saturated heterocycles. The van der Waals surface area contributed by atoms with E-state index in [-0.39, 0.29) is 17.5 Å². The van der Waals surface area contributed by atoms with Crippen molar-refractivity contribution in [2.45, 2.75) is 19.9 Å². The maximum atomic E-state index is 12.8. The van der Waals surface area contributed by atoms with Gasteiger partial charge in [0.15, 0.2) is 0 Å². The van der Waals surface area contributed by atoms with Gasteiger partial charge in [0.2, 0.25) is 11.9 Å². The smallest absolute Gasteiger partial charge is 0.270 e. The van der Waals surface area contributed by atoms with Crippen molar-refractivity contribution >= 4 is 40.9 Å². The molecule has 0 saturated carbocycles. The van der Waals surface area contributed by atoms with Crippen LogP contribution in [0.2, 0.25) is 5.02 Å². The topological polar surface area (TPSA) is 113 Å². The van der Waals surface area contributed by atoms with E-state index in [1.165, 1.54) is 6.20 Å². The van der Waals surface area contributed by atoms with Crippen molar-refractivity contribution in [2.75, 3.05) is 43.5 Å². The monoisotopic (exact) mass is 509 g/mol. The molecule has 188 valence electrons. The number of carbonyl (C=O) groups is 2. The van der Waals surface area contributed by atoms with E-state index in [0.717, 1.165) is 5.69 Å². The van der Waals surface area contributed by atoms with Gasteiger partial charge in [-0.05, 0) is 43.3 Å². The number of hydrogen-bond acceptors (Lipinski definition) is 8. The van der Waals surface area contributed by atoms with Gasteiger partial charge >= 0.3 is 0 Å². The highest BCUT2D eigenvalue weighted by Crippen LogP contribution is 2.24. The summed E-state index contributed by atoms with van der Waals surface area (Å²) in [6.45, 7) is 5.84. The Morgan fingerprint density at radius 1 is 1.06 bits per heavy atom. The number of rotatable bonds is 7. The summed E-state index contributed by atoms with van der Waals surface area (Å²) in [7, 11) is 1.54. The molecule has 1 atom stereocenters. The Labute approximate surface area is 214 Å². The van der Waals surface area contributed by atoms with Crippen molar-refractivity contribution in [1.82, 2.24) is 25.2 Å². The van der Waals surface area contributed by atoms with Crippen LogP contribution in [-0.4, -0.2) is 65.0 Å². The lowest BCUT2D eigenvalue weighted by atomic mass is 10.2. The third-order valence-electron chi connectivity index (χ3n) is 5.85.